The molecular formula is C18H20F4N2O3. The molecule has 0 saturated carbocycles. The molecule has 148 valence electrons. The summed E-state index contributed by atoms with van der Waals surface area (Å²) in [5.41, 5.74) is -0.101. The molecule has 2 heterocycles. The smallest absolute Gasteiger partial charge is 0.405 e. The Morgan fingerprint density at radius 2 is 1.89 bits per heavy atom. The standard InChI is InChI=1S/C18H20F4N2O3/c1-26-10-9-24-11-12(17(25)23-7-3-2-4-8-23)15-14(27-18(20,21)22)6-5-13(19)16(15)24/h5-6,11H,2-4,7-10H2,1H3. The predicted molar refractivity (Wildman–Crippen MR) is 90.2 cm³/mol. The van der Waals surface area contributed by atoms with Crippen molar-refractivity contribution >= 4 is 16.8 Å². The third-order valence-corrected chi connectivity index (χ3v) is 4.57. The molecule has 0 spiro atoms. The monoisotopic (exact) mass is 388 g/mol. The minimum absolute atomic E-state index is 0.00162. The van der Waals surface area contributed by atoms with Gasteiger partial charge in [0.1, 0.15) is 11.6 Å². The number of methoxy groups -OCH3 is 1. The van der Waals surface area contributed by atoms with Gasteiger partial charge in [-0.25, -0.2) is 4.39 Å². The largest absolute Gasteiger partial charge is 0.573 e. The van der Waals surface area contributed by atoms with Crippen molar-refractivity contribution in [1.29, 1.82) is 0 Å². The fourth-order valence-corrected chi connectivity index (χ4v) is 3.38. The molecular weight excluding hydrogens is 368 g/mol. The molecule has 1 saturated heterocycles. The van der Waals surface area contributed by atoms with E-state index in [-0.39, 0.29) is 29.6 Å². The van der Waals surface area contributed by atoms with E-state index in [0.29, 0.717) is 13.1 Å². The highest BCUT2D eigenvalue weighted by Gasteiger charge is 2.34. The van der Waals surface area contributed by atoms with Crippen LogP contribution >= 0.6 is 0 Å². The van der Waals surface area contributed by atoms with Gasteiger partial charge in [0.2, 0.25) is 0 Å². The fourth-order valence-electron chi connectivity index (χ4n) is 3.38. The molecule has 1 aromatic carbocycles. The van der Waals surface area contributed by atoms with Crippen LogP contribution < -0.4 is 4.74 Å². The van der Waals surface area contributed by atoms with E-state index in [2.05, 4.69) is 4.74 Å². The number of piperidine rings is 1. The number of halogens is 4. The number of fused-ring (bicyclic) bond motifs is 1. The van der Waals surface area contributed by atoms with Crippen molar-refractivity contribution < 1.29 is 31.8 Å². The van der Waals surface area contributed by atoms with Crippen LogP contribution in [-0.2, 0) is 11.3 Å². The van der Waals surface area contributed by atoms with Crippen molar-refractivity contribution in [2.24, 2.45) is 0 Å². The molecule has 1 amide bonds. The molecule has 0 N–H and O–H groups in total. The molecule has 0 atom stereocenters. The summed E-state index contributed by atoms with van der Waals surface area (Å²) in [6.07, 6.45) is -0.920. The van der Waals surface area contributed by atoms with E-state index in [1.807, 2.05) is 0 Å². The van der Waals surface area contributed by atoms with Crippen LogP contribution in [0.3, 0.4) is 0 Å². The second kappa shape index (κ2) is 7.75. The van der Waals surface area contributed by atoms with E-state index in [1.54, 1.807) is 4.90 Å². The highest BCUT2D eigenvalue weighted by atomic mass is 19.4. The Bertz CT molecular complexity index is 826. The number of amides is 1. The van der Waals surface area contributed by atoms with Crippen LogP contribution in [0.2, 0.25) is 0 Å². The number of nitrogens with zero attached hydrogens (tertiary/aromatic N) is 2. The lowest BCUT2D eigenvalue weighted by molar-refractivity contribution is -0.274. The number of alkyl halides is 3. The van der Waals surface area contributed by atoms with Crippen molar-refractivity contribution in [3.63, 3.8) is 0 Å². The molecule has 1 fully saturated rings. The quantitative estimate of drug-likeness (QED) is 0.729. The van der Waals surface area contributed by atoms with Crippen LogP contribution in [0, 0.1) is 5.82 Å². The highest BCUT2D eigenvalue weighted by Crippen LogP contribution is 2.36. The first-order chi connectivity index (χ1) is 12.8. The summed E-state index contributed by atoms with van der Waals surface area (Å²) in [6.45, 7) is 1.44. The Balaban J connectivity index is 2.15. The lowest BCUT2D eigenvalue weighted by atomic mass is 10.1. The maximum atomic E-state index is 14.5. The van der Waals surface area contributed by atoms with Crippen LogP contribution in [0.1, 0.15) is 29.6 Å². The zero-order chi connectivity index (χ0) is 19.6. The number of rotatable bonds is 5. The number of benzene rings is 1. The van der Waals surface area contributed by atoms with E-state index in [4.69, 9.17) is 4.74 Å². The van der Waals surface area contributed by atoms with Crippen molar-refractivity contribution in [3.05, 3.63) is 29.7 Å². The molecule has 3 rings (SSSR count). The number of hydrogen-bond acceptors (Lipinski definition) is 3. The normalized spacial score (nSPS) is 15.4. The van der Waals surface area contributed by atoms with Crippen molar-refractivity contribution in [2.75, 3.05) is 26.8 Å². The molecule has 9 heteroatoms. The summed E-state index contributed by atoms with van der Waals surface area (Å²) in [5, 5.41) is -0.168. The molecule has 1 aliphatic heterocycles. The van der Waals surface area contributed by atoms with E-state index >= 15 is 0 Å². The van der Waals surface area contributed by atoms with E-state index in [9.17, 15) is 22.4 Å². The van der Waals surface area contributed by atoms with Gasteiger partial charge in [-0.15, -0.1) is 13.2 Å². The first kappa shape index (κ1) is 19.5. The second-order valence-corrected chi connectivity index (χ2v) is 6.40. The fraction of sp³-hybridized carbons (Fsp3) is 0.500. The number of carbonyl (C=O) groups excluding carboxylic acids is 1. The van der Waals surface area contributed by atoms with Gasteiger partial charge >= 0.3 is 6.36 Å². The summed E-state index contributed by atoms with van der Waals surface area (Å²) in [4.78, 5) is 14.5. The van der Waals surface area contributed by atoms with Gasteiger partial charge in [-0.1, -0.05) is 0 Å². The summed E-state index contributed by atoms with van der Waals surface area (Å²) < 4.78 is 63.4. The zero-order valence-corrected chi connectivity index (χ0v) is 14.8. The second-order valence-electron chi connectivity index (χ2n) is 6.40. The molecule has 0 aliphatic carbocycles. The van der Waals surface area contributed by atoms with E-state index < -0.39 is 23.8 Å². The first-order valence-corrected chi connectivity index (χ1v) is 8.67. The third-order valence-electron chi connectivity index (χ3n) is 4.57. The van der Waals surface area contributed by atoms with Crippen molar-refractivity contribution in [2.45, 2.75) is 32.2 Å². The Morgan fingerprint density at radius 1 is 1.19 bits per heavy atom. The number of carbonyl (C=O) groups is 1. The Labute approximate surface area is 153 Å². The zero-order valence-electron chi connectivity index (χ0n) is 14.8. The number of hydrogen-bond donors (Lipinski definition) is 0. The van der Waals surface area contributed by atoms with Gasteiger partial charge < -0.3 is 18.9 Å². The molecule has 5 nitrogen and oxygen atoms in total. The Hall–Kier alpha value is -2.29. The Kier molecular flexibility index (Phi) is 5.59. The minimum Gasteiger partial charge on any atom is -0.405 e. The van der Waals surface area contributed by atoms with Crippen LogP contribution in [0.4, 0.5) is 17.6 Å². The SMILES string of the molecule is COCCn1cc(C(=O)N2CCCCC2)c2c(OC(F)(F)F)ccc(F)c21. The van der Waals surface area contributed by atoms with Crippen molar-refractivity contribution in [1.82, 2.24) is 9.47 Å². The average Bonchev–Trinajstić information content (AvgIpc) is 3.02. The lowest BCUT2D eigenvalue weighted by Crippen LogP contribution is -2.35. The maximum Gasteiger partial charge on any atom is 0.573 e. The number of ether oxygens (including phenoxy) is 2. The third kappa shape index (κ3) is 4.18. The molecule has 27 heavy (non-hydrogen) atoms. The van der Waals surface area contributed by atoms with Crippen molar-refractivity contribution in [3.8, 4) is 5.75 Å². The maximum absolute atomic E-state index is 14.5. The molecule has 0 bridgehead atoms. The van der Waals surface area contributed by atoms with Crippen LogP contribution in [0.5, 0.6) is 5.75 Å². The molecule has 2 aromatic rings. The van der Waals surface area contributed by atoms with Crippen LogP contribution in [-0.4, -0.2) is 48.5 Å². The van der Waals surface area contributed by atoms with Gasteiger partial charge in [0.15, 0.2) is 0 Å². The number of likely N-dealkylation sites (tertiary alicyclic amines) is 1. The lowest BCUT2D eigenvalue weighted by Gasteiger charge is -2.26. The topological polar surface area (TPSA) is 43.7 Å². The summed E-state index contributed by atoms with van der Waals surface area (Å²) in [7, 11) is 1.46. The summed E-state index contributed by atoms with van der Waals surface area (Å²) >= 11 is 0. The Morgan fingerprint density at radius 3 is 2.52 bits per heavy atom. The van der Waals surface area contributed by atoms with Gasteiger partial charge in [-0.05, 0) is 31.4 Å². The van der Waals surface area contributed by atoms with Crippen LogP contribution in [0.25, 0.3) is 10.9 Å². The van der Waals surface area contributed by atoms with Gasteiger partial charge in [-0.3, -0.25) is 4.79 Å². The molecule has 1 aliphatic rings. The van der Waals surface area contributed by atoms with Gasteiger partial charge in [0, 0.05) is 32.9 Å². The van der Waals surface area contributed by atoms with E-state index in [1.165, 1.54) is 17.9 Å². The molecule has 0 radical (unpaired) electrons. The van der Waals surface area contributed by atoms with Gasteiger partial charge in [-0.2, -0.15) is 0 Å². The van der Waals surface area contributed by atoms with E-state index in [0.717, 1.165) is 31.4 Å². The highest BCUT2D eigenvalue weighted by molar-refractivity contribution is 6.09. The molecule has 0 unspecified atom stereocenters. The predicted octanol–water partition coefficient (Wildman–Crippen LogP) is 3.95. The van der Waals surface area contributed by atoms with Crippen LogP contribution in [0.15, 0.2) is 18.3 Å². The average molecular weight is 388 g/mol. The van der Waals surface area contributed by atoms with Gasteiger partial charge in [0.05, 0.1) is 23.1 Å². The van der Waals surface area contributed by atoms with Gasteiger partial charge in [0.25, 0.3) is 5.91 Å². The molecule has 1 aromatic heterocycles. The first-order valence-electron chi connectivity index (χ1n) is 8.67. The number of aromatic nitrogens is 1. The summed E-state index contributed by atoms with van der Waals surface area (Å²) in [6, 6.07) is 1.81. The minimum atomic E-state index is -4.95. The summed E-state index contributed by atoms with van der Waals surface area (Å²) in [5.74, 6) is -1.74.